The molecule has 6 rings (SSSR count). The van der Waals surface area contributed by atoms with Gasteiger partial charge in [0.1, 0.15) is 18.1 Å². The first kappa shape index (κ1) is 30.0. The van der Waals surface area contributed by atoms with Crippen LogP contribution in [0, 0.1) is 11.8 Å². The number of nitrogens with zero attached hydrogens (tertiary/aromatic N) is 1. The van der Waals surface area contributed by atoms with Crippen molar-refractivity contribution in [1.29, 1.82) is 0 Å². The topological polar surface area (TPSA) is 87.7 Å². The molecule has 3 fully saturated rings. The summed E-state index contributed by atoms with van der Waals surface area (Å²) < 4.78 is 35.7. The van der Waals surface area contributed by atoms with Crippen LogP contribution in [0.25, 0.3) is 0 Å². The van der Waals surface area contributed by atoms with E-state index < -0.39 is 60.1 Å². The van der Waals surface area contributed by atoms with Gasteiger partial charge in [-0.25, -0.2) is 8.78 Å². The lowest BCUT2D eigenvalue weighted by molar-refractivity contribution is -0.158. The number of nitrogens with one attached hydrogen (secondary N) is 2. The average Bonchev–Trinajstić information content (AvgIpc) is 3.42. The molecule has 3 aliphatic heterocycles. The lowest BCUT2D eigenvalue weighted by atomic mass is 9.73. The van der Waals surface area contributed by atoms with E-state index in [0.717, 1.165) is 11.1 Å². The highest BCUT2D eigenvalue weighted by atomic mass is 35.5. The van der Waals surface area contributed by atoms with Gasteiger partial charge in [0.05, 0.1) is 23.2 Å². The van der Waals surface area contributed by atoms with Crippen LogP contribution in [0.4, 0.5) is 14.5 Å². The standard InChI is InChI=1S/C32H33Cl2F2N3O4/c1-5-9-43-28(41)25-24(27(40)37-22-13-19(22)16-7-6-8-17(10-16)30(2,3)4)23-14-31(35,36)15-39(23)32(25)20-11-18(33)12-21(34)26(20)38-29(32)42/h5-8,10-12,19,22-25H,1,9,13-15H2,2-4H3,(H,37,40)(H,38,42)/t19?,22?,23-,24+,25-,32?/m1/s1. The van der Waals surface area contributed by atoms with Crippen LogP contribution in [0.3, 0.4) is 0 Å². The van der Waals surface area contributed by atoms with Crippen LogP contribution >= 0.6 is 23.2 Å². The average molecular weight is 633 g/mol. The molecule has 3 unspecified atom stereocenters. The third-order valence-corrected chi connectivity index (χ3v) is 9.75. The molecule has 1 spiro atoms. The maximum absolute atomic E-state index is 15.1. The van der Waals surface area contributed by atoms with Crippen LogP contribution in [0.1, 0.15) is 56.2 Å². The number of halogens is 4. The number of carbonyl (C=O) groups is 3. The second-order valence-corrected chi connectivity index (χ2v) is 13.9. The Morgan fingerprint density at radius 2 is 1.98 bits per heavy atom. The van der Waals surface area contributed by atoms with Gasteiger partial charge >= 0.3 is 5.97 Å². The van der Waals surface area contributed by atoms with Gasteiger partial charge < -0.3 is 15.4 Å². The highest BCUT2D eigenvalue weighted by Crippen LogP contribution is 2.61. The number of alkyl halides is 2. The molecule has 7 nitrogen and oxygen atoms in total. The minimum Gasteiger partial charge on any atom is -0.461 e. The summed E-state index contributed by atoms with van der Waals surface area (Å²) in [5.41, 5.74) is 0.563. The molecule has 11 heteroatoms. The molecule has 6 atom stereocenters. The van der Waals surface area contributed by atoms with Crippen molar-refractivity contribution in [2.24, 2.45) is 11.8 Å². The van der Waals surface area contributed by atoms with E-state index in [1.807, 2.05) is 12.1 Å². The molecule has 2 saturated heterocycles. The minimum absolute atomic E-state index is 0.0435. The SMILES string of the molecule is C=CCOC(=O)[C@H]1[C@@H](C(=O)NC2CC2c2cccc(C(C)(C)C)c2)[C@H]2CC(F)(F)CN2C12C(=O)Nc1c(Cl)cc(Cl)cc12. The fourth-order valence-corrected chi connectivity index (χ4v) is 7.79. The largest absolute Gasteiger partial charge is 0.461 e. The van der Waals surface area contributed by atoms with Gasteiger partial charge in [-0.1, -0.05) is 80.9 Å². The minimum atomic E-state index is -3.20. The summed E-state index contributed by atoms with van der Waals surface area (Å²) in [5, 5.41) is 5.97. The zero-order valence-electron chi connectivity index (χ0n) is 24.1. The highest BCUT2D eigenvalue weighted by Gasteiger charge is 2.75. The van der Waals surface area contributed by atoms with E-state index in [1.165, 1.54) is 23.1 Å². The summed E-state index contributed by atoms with van der Waals surface area (Å²) in [4.78, 5) is 43.2. The molecule has 0 radical (unpaired) electrons. The summed E-state index contributed by atoms with van der Waals surface area (Å²) in [7, 11) is 0. The third kappa shape index (κ3) is 4.84. The molecule has 2 aromatic carbocycles. The van der Waals surface area contributed by atoms with E-state index >= 15 is 8.78 Å². The fourth-order valence-electron chi connectivity index (χ4n) is 7.25. The summed E-state index contributed by atoms with van der Waals surface area (Å²) in [6, 6.07) is 9.70. The predicted molar refractivity (Wildman–Crippen MR) is 159 cm³/mol. The van der Waals surface area contributed by atoms with Crippen molar-refractivity contribution in [2.45, 2.75) is 68.5 Å². The van der Waals surface area contributed by atoms with Gasteiger partial charge in [0.2, 0.25) is 5.91 Å². The van der Waals surface area contributed by atoms with Gasteiger partial charge in [0, 0.05) is 35.0 Å². The quantitative estimate of drug-likeness (QED) is 0.311. The highest BCUT2D eigenvalue weighted by molar-refractivity contribution is 6.38. The second-order valence-electron chi connectivity index (χ2n) is 13.0. The summed E-state index contributed by atoms with van der Waals surface area (Å²) >= 11 is 12.8. The number of esters is 1. The van der Waals surface area contributed by atoms with Crippen LogP contribution in [0.2, 0.25) is 10.0 Å². The Kier molecular flexibility index (Phi) is 7.18. The molecule has 0 bridgehead atoms. The van der Waals surface area contributed by atoms with Crippen molar-refractivity contribution in [2.75, 3.05) is 18.5 Å². The molecule has 3 heterocycles. The van der Waals surface area contributed by atoms with Crippen LogP contribution in [0.5, 0.6) is 0 Å². The number of rotatable bonds is 6. The van der Waals surface area contributed by atoms with Crippen LogP contribution < -0.4 is 10.6 Å². The fraction of sp³-hybridized carbons (Fsp3) is 0.469. The first-order valence-electron chi connectivity index (χ1n) is 14.3. The number of ether oxygens (including phenoxy) is 1. The van der Waals surface area contributed by atoms with Gasteiger partial charge in [-0.05, 0) is 35.1 Å². The van der Waals surface area contributed by atoms with Crippen LogP contribution in [-0.4, -0.2) is 53.8 Å². The van der Waals surface area contributed by atoms with Crippen molar-refractivity contribution in [3.05, 3.63) is 75.8 Å². The molecule has 2 N–H and O–H groups in total. The van der Waals surface area contributed by atoms with Crippen molar-refractivity contribution >= 4 is 46.7 Å². The maximum atomic E-state index is 15.1. The molecule has 4 aliphatic rings. The van der Waals surface area contributed by atoms with Crippen LogP contribution in [-0.2, 0) is 30.1 Å². The number of hydrogen-bond donors (Lipinski definition) is 2. The Morgan fingerprint density at radius 3 is 2.67 bits per heavy atom. The molecular weight excluding hydrogens is 599 g/mol. The smallest absolute Gasteiger partial charge is 0.312 e. The zero-order chi connectivity index (χ0) is 31.1. The van der Waals surface area contributed by atoms with Gasteiger partial charge in [0.25, 0.3) is 11.8 Å². The Balaban J connectivity index is 1.39. The van der Waals surface area contributed by atoms with Crippen molar-refractivity contribution in [3.8, 4) is 0 Å². The molecule has 0 aromatic heterocycles. The number of fused-ring (bicyclic) bond motifs is 4. The summed E-state index contributed by atoms with van der Waals surface area (Å²) in [6.45, 7) is 8.95. The molecule has 1 saturated carbocycles. The molecule has 1 aliphatic carbocycles. The van der Waals surface area contributed by atoms with Gasteiger partial charge in [0.15, 0.2) is 0 Å². The Morgan fingerprint density at radius 1 is 1.23 bits per heavy atom. The number of amides is 2. The zero-order valence-corrected chi connectivity index (χ0v) is 25.6. The molecular formula is C32H33Cl2F2N3O4. The number of carbonyl (C=O) groups excluding carboxylic acids is 3. The number of anilines is 1. The van der Waals surface area contributed by atoms with E-state index in [9.17, 15) is 14.4 Å². The maximum Gasteiger partial charge on any atom is 0.312 e. The predicted octanol–water partition coefficient (Wildman–Crippen LogP) is 5.80. The van der Waals surface area contributed by atoms with Crippen molar-refractivity contribution in [1.82, 2.24) is 10.2 Å². The Bertz CT molecular complexity index is 1540. The Hall–Kier alpha value is -3.01. The normalized spacial score (nSPS) is 30.5. The van der Waals surface area contributed by atoms with Gasteiger partial charge in [-0.2, -0.15) is 0 Å². The second kappa shape index (κ2) is 10.3. The molecule has 228 valence electrons. The van der Waals surface area contributed by atoms with E-state index in [2.05, 4.69) is 50.1 Å². The van der Waals surface area contributed by atoms with E-state index in [-0.39, 0.29) is 45.3 Å². The summed E-state index contributed by atoms with van der Waals surface area (Å²) in [6.07, 6.45) is 1.33. The lowest BCUT2D eigenvalue weighted by Gasteiger charge is -2.36. The third-order valence-electron chi connectivity index (χ3n) is 9.24. The molecule has 2 aromatic rings. The van der Waals surface area contributed by atoms with E-state index in [0.29, 0.717) is 6.42 Å². The molecule has 2 amide bonds. The lowest BCUT2D eigenvalue weighted by Crippen LogP contribution is -2.54. The van der Waals surface area contributed by atoms with Gasteiger partial charge in [-0.3, -0.25) is 19.3 Å². The van der Waals surface area contributed by atoms with Crippen molar-refractivity contribution < 1.29 is 27.9 Å². The van der Waals surface area contributed by atoms with Crippen LogP contribution in [0.15, 0.2) is 49.1 Å². The van der Waals surface area contributed by atoms with E-state index in [1.54, 1.807) is 0 Å². The number of benzene rings is 2. The Labute approximate surface area is 258 Å². The summed E-state index contributed by atoms with van der Waals surface area (Å²) in [5.74, 6) is -8.06. The first-order valence-corrected chi connectivity index (χ1v) is 15.1. The van der Waals surface area contributed by atoms with E-state index in [4.69, 9.17) is 27.9 Å². The first-order chi connectivity index (χ1) is 20.2. The van der Waals surface area contributed by atoms with Crippen molar-refractivity contribution in [3.63, 3.8) is 0 Å². The van der Waals surface area contributed by atoms with Gasteiger partial charge in [-0.15, -0.1) is 0 Å². The number of hydrogen-bond acceptors (Lipinski definition) is 5. The molecule has 43 heavy (non-hydrogen) atoms. The monoisotopic (exact) mass is 631 g/mol.